The average Bonchev–Trinajstić information content (AvgIpc) is 2.96. The van der Waals surface area contributed by atoms with E-state index in [2.05, 4.69) is 31.2 Å². The number of nitrogens with two attached hydrogens (primary N) is 1. The van der Waals surface area contributed by atoms with E-state index in [4.69, 9.17) is 15.2 Å². The summed E-state index contributed by atoms with van der Waals surface area (Å²) in [6, 6.07) is 16.7. The fourth-order valence-electron chi connectivity index (χ4n) is 3.49. The minimum absolute atomic E-state index is 0.00786. The molecule has 2 aromatic rings. The number of hydrogen-bond acceptors (Lipinski definition) is 3. The highest BCUT2D eigenvalue weighted by Crippen LogP contribution is 2.39. The lowest BCUT2D eigenvalue weighted by molar-refractivity contribution is 0.319. The van der Waals surface area contributed by atoms with Crippen LogP contribution in [0.3, 0.4) is 0 Å². The first-order valence-corrected chi connectivity index (χ1v) is 8.70. The Morgan fingerprint density at radius 3 is 2.54 bits per heavy atom. The van der Waals surface area contributed by atoms with E-state index in [1.165, 1.54) is 17.5 Å². The summed E-state index contributed by atoms with van der Waals surface area (Å²) < 4.78 is 11.0. The normalized spacial score (nSPS) is 23.2. The smallest absolute Gasteiger partial charge is 0.122 e. The molecule has 3 nitrogen and oxygen atoms in total. The molecule has 0 aromatic heterocycles. The third-order valence-corrected chi connectivity index (χ3v) is 4.93. The number of benzene rings is 2. The molecule has 0 radical (unpaired) electrons. The molecular weight excluding hydrogens is 298 g/mol. The van der Waals surface area contributed by atoms with E-state index in [1.54, 1.807) is 7.11 Å². The lowest BCUT2D eigenvalue weighted by Crippen LogP contribution is -2.32. The van der Waals surface area contributed by atoms with Gasteiger partial charge in [-0.2, -0.15) is 0 Å². The number of hydrogen-bond donors (Lipinski definition) is 1. The first kappa shape index (κ1) is 16.8. The summed E-state index contributed by atoms with van der Waals surface area (Å²) in [5.74, 6) is 2.28. The van der Waals surface area contributed by atoms with Gasteiger partial charge in [-0.1, -0.05) is 30.3 Å². The highest BCUT2D eigenvalue weighted by molar-refractivity contribution is 5.33. The Balaban J connectivity index is 1.51. The van der Waals surface area contributed by atoms with Gasteiger partial charge >= 0.3 is 0 Å². The zero-order valence-corrected chi connectivity index (χ0v) is 14.6. The van der Waals surface area contributed by atoms with Crippen LogP contribution < -0.4 is 15.2 Å². The minimum atomic E-state index is 0.00786. The van der Waals surface area contributed by atoms with E-state index in [9.17, 15) is 0 Å². The molecular formula is C21H27NO2. The van der Waals surface area contributed by atoms with Crippen molar-refractivity contribution in [2.45, 2.75) is 44.1 Å². The molecule has 2 atom stereocenters. The molecule has 2 aromatic carbocycles. The Morgan fingerprint density at radius 2 is 1.88 bits per heavy atom. The molecule has 0 aliphatic heterocycles. The Morgan fingerprint density at radius 1 is 1.12 bits per heavy atom. The predicted molar refractivity (Wildman–Crippen MR) is 97.8 cm³/mol. The van der Waals surface area contributed by atoms with Crippen LogP contribution in [0.4, 0.5) is 0 Å². The summed E-state index contributed by atoms with van der Waals surface area (Å²) in [4.78, 5) is 0. The maximum atomic E-state index is 6.25. The summed E-state index contributed by atoms with van der Waals surface area (Å²) in [7, 11) is 1.66. The van der Waals surface area contributed by atoms with Crippen LogP contribution in [0.1, 0.15) is 43.2 Å². The molecule has 1 aliphatic carbocycles. The first-order valence-electron chi connectivity index (χ1n) is 8.70. The minimum Gasteiger partial charge on any atom is -0.497 e. The van der Waals surface area contributed by atoms with Gasteiger partial charge in [0.25, 0.3) is 0 Å². The summed E-state index contributed by atoms with van der Waals surface area (Å²) in [5, 5.41) is 0. The Bertz CT molecular complexity index is 664. The summed E-state index contributed by atoms with van der Waals surface area (Å²) in [6.07, 6.45) is 4.31. The van der Waals surface area contributed by atoms with Gasteiger partial charge in [-0.05, 0) is 55.4 Å². The molecule has 1 saturated carbocycles. The second-order valence-corrected chi connectivity index (χ2v) is 7.11. The van der Waals surface area contributed by atoms with Crippen molar-refractivity contribution in [3.63, 3.8) is 0 Å². The Labute approximate surface area is 144 Å². The maximum absolute atomic E-state index is 6.25. The SMILES string of the molecule is COc1cccc(OCCc2ccc([C@@H]3CC[C@@](C)(N)C3)cc2)c1. The van der Waals surface area contributed by atoms with Gasteiger partial charge in [0, 0.05) is 18.0 Å². The van der Waals surface area contributed by atoms with Crippen molar-refractivity contribution in [3.05, 3.63) is 59.7 Å². The third-order valence-electron chi connectivity index (χ3n) is 4.93. The number of ether oxygens (including phenoxy) is 2. The lowest BCUT2D eigenvalue weighted by Gasteiger charge is -2.17. The van der Waals surface area contributed by atoms with Gasteiger partial charge < -0.3 is 15.2 Å². The standard InChI is InChI=1S/C21H27NO2/c1-21(22)12-10-18(15-21)17-8-6-16(7-9-17)11-13-24-20-5-3-4-19(14-20)23-2/h3-9,14,18H,10-13,15,22H2,1-2H3/t18-,21-/m1/s1. The highest BCUT2D eigenvalue weighted by Gasteiger charge is 2.32. The topological polar surface area (TPSA) is 44.5 Å². The van der Waals surface area contributed by atoms with E-state index in [0.717, 1.165) is 30.8 Å². The van der Waals surface area contributed by atoms with Crippen LogP contribution in [0.15, 0.2) is 48.5 Å². The van der Waals surface area contributed by atoms with E-state index in [0.29, 0.717) is 12.5 Å². The number of rotatable bonds is 6. The second-order valence-electron chi connectivity index (χ2n) is 7.11. The molecule has 3 heteroatoms. The molecule has 24 heavy (non-hydrogen) atoms. The summed E-state index contributed by atoms with van der Waals surface area (Å²) in [6.45, 7) is 2.83. The lowest BCUT2D eigenvalue weighted by atomic mass is 9.93. The van der Waals surface area contributed by atoms with Crippen LogP contribution in [0.5, 0.6) is 11.5 Å². The van der Waals surface area contributed by atoms with Crippen LogP contribution in [0.2, 0.25) is 0 Å². The zero-order valence-electron chi connectivity index (χ0n) is 14.6. The second kappa shape index (κ2) is 7.27. The fraction of sp³-hybridized carbons (Fsp3) is 0.429. The molecule has 128 valence electrons. The largest absolute Gasteiger partial charge is 0.497 e. The molecule has 0 spiro atoms. The average molecular weight is 325 g/mol. The monoisotopic (exact) mass is 325 g/mol. The first-order chi connectivity index (χ1) is 11.6. The molecule has 0 saturated heterocycles. The van der Waals surface area contributed by atoms with Gasteiger partial charge in [-0.25, -0.2) is 0 Å². The van der Waals surface area contributed by atoms with Gasteiger partial charge in [0.05, 0.1) is 13.7 Å². The van der Waals surface area contributed by atoms with E-state index in [1.807, 2.05) is 24.3 Å². The third kappa shape index (κ3) is 4.30. The van der Waals surface area contributed by atoms with Gasteiger partial charge in [0.2, 0.25) is 0 Å². The molecule has 2 N–H and O–H groups in total. The van der Waals surface area contributed by atoms with E-state index >= 15 is 0 Å². The van der Waals surface area contributed by atoms with Crippen LogP contribution in [-0.4, -0.2) is 19.3 Å². The zero-order chi connectivity index (χ0) is 17.0. The van der Waals surface area contributed by atoms with Crippen molar-refractivity contribution in [2.24, 2.45) is 5.73 Å². The van der Waals surface area contributed by atoms with Crippen molar-refractivity contribution >= 4 is 0 Å². The molecule has 0 unspecified atom stereocenters. The predicted octanol–water partition coefficient (Wildman–Crippen LogP) is 4.30. The molecule has 0 bridgehead atoms. The van der Waals surface area contributed by atoms with Crippen LogP contribution in [-0.2, 0) is 6.42 Å². The van der Waals surface area contributed by atoms with E-state index in [-0.39, 0.29) is 5.54 Å². The molecule has 0 heterocycles. The molecule has 1 aliphatic rings. The van der Waals surface area contributed by atoms with Crippen molar-refractivity contribution in [1.82, 2.24) is 0 Å². The van der Waals surface area contributed by atoms with Gasteiger partial charge in [-0.15, -0.1) is 0 Å². The van der Waals surface area contributed by atoms with Crippen LogP contribution in [0.25, 0.3) is 0 Å². The molecule has 3 rings (SSSR count). The Hall–Kier alpha value is -2.00. The van der Waals surface area contributed by atoms with Crippen molar-refractivity contribution in [3.8, 4) is 11.5 Å². The van der Waals surface area contributed by atoms with Crippen molar-refractivity contribution < 1.29 is 9.47 Å². The van der Waals surface area contributed by atoms with Gasteiger partial charge in [0.1, 0.15) is 11.5 Å². The summed E-state index contributed by atoms with van der Waals surface area (Å²) in [5.41, 5.74) is 8.98. The van der Waals surface area contributed by atoms with Crippen molar-refractivity contribution in [1.29, 1.82) is 0 Å². The summed E-state index contributed by atoms with van der Waals surface area (Å²) >= 11 is 0. The molecule has 0 amide bonds. The van der Waals surface area contributed by atoms with Crippen LogP contribution in [0, 0.1) is 0 Å². The van der Waals surface area contributed by atoms with Gasteiger partial charge in [0.15, 0.2) is 0 Å². The maximum Gasteiger partial charge on any atom is 0.122 e. The highest BCUT2D eigenvalue weighted by atomic mass is 16.5. The Kier molecular flexibility index (Phi) is 5.10. The van der Waals surface area contributed by atoms with Crippen molar-refractivity contribution in [2.75, 3.05) is 13.7 Å². The molecule has 1 fully saturated rings. The number of methoxy groups -OCH3 is 1. The van der Waals surface area contributed by atoms with Gasteiger partial charge in [-0.3, -0.25) is 0 Å². The van der Waals surface area contributed by atoms with E-state index < -0.39 is 0 Å². The fourth-order valence-corrected chi connectivity index (χ4v) is 3.49. The quantitative estimate of drug-likeness (QED) is 0.861. The van der Waals surface area contributed by atoms with Crippen LogP contribution >= 0.6 is 0 Å².